The van der Waals surface area contributed by atoms with Crippen LogP contribution < -0.4 is 10.0 Å². The van der Waals surface area contributed by atoms with Gasteiger partial charge in [-0.15, -0.1) is 0 Å². The summed E-state index contributed by atoms with van der Waals surface area (Å²) in [5.74, 6) is -0.281. The van der Waals surface area contributed by atoms with Gasteiger partial charge in [0.1, 0.15) is 0 Å². The Morgan fingerprint density at radius 3 is 2.57 bits per heavy atom. The van der Waals surface area contributed by atoms with E-state index in [0.29, 0.717) is 5.56 Å². The van der Waals surface area contributed by atoms with Crippen LogP contribution in [0.3, 0.4) is 0 Å². The highest BCUT2D eigenvalue weighted by Gasteiger charge is 2.18. The van der Waals surface area contributed by atoms with Gasteiger partial charge >= 0.3 is 0 Å². The van der Waals surface area contributed by atoms with Gasteiger partial charge in [0.15, 0.2) is 0 Å². The van der Waals surface area contributed by atoms with E-state index in [1.165, 1.54) is 19.2 Å². The molecule has 2 N–H and O–H groups in total. The molecule has 0 aromatic heterocycles. The third-order valence-electron chi connectivity index (χ3n) is 2.78. The molecule has 0 aliphatic heterocycles. The van der Waals surface area contributed by atoms with Crippen molar-refractivity contribution in [3.8, 4) is 0 Å². The van der Waals surface area contributed by atoms with Crippen molar-refractivity contribution in [1.29, 1.82) is 0 Å². The topological polar surface area (TPSA) is 84.5 Å². The Labute approximate surface area is 125 Å². The van der Waals surface area contributed by atoms with Crippen LogP contribution >= 0.6 is 0 Å². The molecule has 0 saturated heterocycles. The number of carbonyl (C=O) groups excluding carboxylic acids is 1. The maximum Gasteiger partial charge on any atom is 0.251 e. The number of rotatable bonds is 7. The first-order chi connectivity index (χ1) is 9.77. The zero-order chi connectivity index (χ0) is 16.0. The Hall–Kier alpha value is -1.44. The Balaban J connectivity index is 3.03. The van der Waals surface area contributed by atoms with Gasteiger partial charge in [-0.3, -0.25) is 4.79 Å². The number of amides is 1. The van der Waals surface area contributed by atoms with Crippen LogP contribution in [0.25, 0.3) is 0 Å². The SMILES string of the molecule is COCCNS(=O)(=O)c1ccc(C)c(C(=O)NC(C)C)c1. The summed E-state index contributed by atoms with van der Waals surface area (Å²) in [6, 6.07) is 4.48. The van der Waals surface area contributed by atoms with Crippen molar-refractivity contribution in [3.63, 3.8) is 0 Å². The summed E-state index contributed by atoms with van der Waals surface area (Å²) in [5, 5.41) is 2.76. The van der Waals surface area contributed by atoms with Crippen LogP contribution in [0, 0.1) is 6.92 Å². The van der Waals surface area contributed by atoms with Gasteiger partial charge < -0.3 is 10.1 Å². The van der Waals surface area contributed by atoms with E-state index in [1.807, 2.05) is 13.8 Å². The quantitative estimate of drug-likeness (QED) is 0.737. The van der Waals surface area contributed by atoms with Crippen LogP contribution in [0.1, 0.15) is 29.8 Å². The summed E-state index contributed by atoms with van der Waals surface area (Å²) >= 11 is 0. The molecule has 0 fully saturated rings. The minimum atomic E-state index is -3.64. The van der Waals surface area contributed by atoms with Crippen LogP contribution in [0.15, 0.2) is 23.1 Å². The van der Waals surface area contributed by atoms with Gasteiger partial charge in [0.2, 0.25) is 10.0 Å². The third kappa shape index (κ3) is 5.11. The van der Waals surface area contributed by atoms with Gasteiger partial charge in [0, 0.05) is 25.3 Å². The number of hydrogen-bond donors (Lipinski definition) is 2. The number of benzene rings is 1. The van der Waals surface area contributed by atoms with Crippen molar-refractivity contribution in [3.05, 3.63) is 29.3 Å². The largest absolute Gasteiger partial charge is 0.383 e. The van der Waals surface area contributed by atoms with Crippen molar-refractivity contribution in [1.82, 2.24) is 10.0 Å². The summed E-state index contributed by atoms with van der Waals surface area (Å²) < 4.78 is 31.5. The first-order valence-corrected chi connectivity index (χ1v) is 8.16. The number of aryl methyl sites for hydroxylation is 1. The van der Waals surface area contributed by atoms with Gasteiger partial charge in [0.25, 0.3) is 5.91 Å². The Morgan fingerprint density at radius 1 is 1.33 bits per heavy atom. The molecule has 0 radical (unpaired) electrons. The molecule has 0 bridgehead atoms. The molecular weight excluding hydrogens is 292 g/mol. The van der Waals surface area contributed by atoms with Crippen molar-refractivity contribution >= 4 is 15.9 Å². The molecule has 7 heteroatoms. The summed E-state index contributed by atoms with van der Waals surface area (Å²) in [4.78, 5) is 12.1. The number of hydrogen-bond acceptors (Lipinski definition) is 4. The number of ether oxygens (including phenoxy) is 1. The molecule has 0 aliphatic carbocycles. The molecule has 6 nitrogen and oxygen atoms in total. The van der Waals surface area contributed by atoms with Crippen LogP contribution in [0.4, 0.5) is 0 Å². The molecule has 0 heterocycles. The molecule has 1 aromatic rings. The second-order valence-corrected chi connectivity index (χ2v) is 6.76. The Bertz CT molecular complexity index is 597. The molecular formula is C14H22N2O4S. The Kier molecular flexibility index (Phi) is 6.32. The molecule has 0 saturated carbocycles. The van der Waals surface area contributed by atoms with E-state index in [0.717, 1.165) is 5.56 Å². The van der Waals surface area contributed by atoms with Crippen LogP contribution in [-0.2, 0) is 14.8 Å². The van der Waals surface area contributed by atoms with Gasteiger partial charge in [-0.05, 0) is 38.5 Å². The van der Waals surface area contributed by atoms with Crippen molar-refractivity contribution in [2.45, 2.75) is 31.7 Å². The summed E-state index contributed by atoms with van der Waals surface area (Å²) in [6.07, 6.45) is 0. The monoisotopic (exact) mass is 314 g/mol. The van der Waals surface area contributed by atoms with Gasteiger partial charge in [-0.2, -0.15) is 0 Å². The predicted octanol–water partition coefficient (Wildman–Crippen LogP) is 1.06. The maximum absolute atomic E-state index is 12.1. The first-order valence-electron chi connectivity index (χ1n) is 6.68. The molecule has 0 aliphatic rings. The minimum absolute atomic E-state index is 0.0167. The highest BCUT2D eigenvalue weighted by molar-refractivity contribution is 7.89. The Morgan fingerprint density at radius 2 is 2.00 bits per heavy atom. The number of sulfonamides is 1. The lowest BCUT2D eigenvalue weighted by Gasteiger charge is -2.12. The molecule has 1 amide bonds. The third-order valence-corrected chi connectivity index (χ3v) is 4.24. The van der Waals surface area contributed by atoms with E-state index >= 15 is 0 Å². The van der Waals surface area contributed by atoms with Crippen LogP contribution in [-0.4, -0.2) is 40.6 Å². The van der Waals surface area contributed by atoms with Gasteiger partial charge in [-0.25, -0.2) is 13.1 Å². The van der Waals surface area contributed by atoms with Gasteiger partial charge in [-0.1, -0.05) is 6.07 Å². The van der Waals surface area contributed by atoms with Crippen molar-refractivity contribution in [2.75, 3.05) is 20.3 Å². The zero-order valence-electron chi connectivity index (χ0n) is 12.8. The smallest absolute Gasteiger partial charge is 0.251 e. The predicted molar refractivity (Wildman–Crippen MR) is 80.8 cm³/mol. The second-order valence-electron chi connectivity index (χ2n) is 5.00. The van der Waals surface area contributed by atoms with E-state index < -0.39 is 10.0 Å². The van der Waals surface area contributed by atoms with Crippen LogP contribution in [0.2, 0.25) is 0 Å². The number of methoxy groups -OCH3 is 1. The number of nitrogens with one attached hydrogen (secondary N) is 2. The average molecular weight is 314 g/mol. The van der Waals surface area contributed by atoms with E-state index in [-0.39, 0.29) is 30.0 Å². The maximum atomic E-state index is 12.1. The standard InChI is InChI=1S/C14H22N2O4S/c1-10(2)16-14(17)13-9-12(6-5-11(13)3)21(18,19)15-7-8-20-4/h5-6,9-10,15H,7-8H2,1-4H3,(H,16,17). The van der Waals surface area contributed by atoms with E-state index in [9.17, 15) is 13.2 Å². The second kappa shape index (κ2) is 7.53. The minimum Gasteiger partial charge on any atom is -0.383 e. The summed E-state index contributed by atoms with van der Waals surface area (Å²) in [5.41, 5.74) is 1.09. The van der Waals surface area contributed by atoms with E-state index in [4.69, 9.17) is 4.74 Å². The molecule has 0 atom stereocenters. The lowest BCUT2D eigenvalue weighted by Crippen LogP contribution is -2.31. The fraction of sp³-hybridized carbons (Fsp3) is 0.500. The molecule has 0 spiro atoms. The average Bonchev–Trinajstić information content (AvgIpc) is 2.38. The van der Waals surface area contributed by atoms with Gasteiger partial charge in [0.05, 0.1) is 11.5 Å². The lowest BCUT2D eigenvalue weighted by molar-refractivity contribution is 0.0942. The van der Waals surface area contributed by atoms with Crippen molar-refractivity contribution < 1.29 is 17.9 Å². The number of carbonyl (C=O) groups is 1. The van der Waals surface area contributed by atoms with Crippen molar-refractivity contribution in [2.24, 2.45) is 0 Å². The molecule has 0 unspecified atom stereocenters. The van der Waals surface area contributed by atoms with E-state index in [2.05, 4.69) is 10.0 Å². The summed E-state index contributed by atoms with van der Waals surface area (Å²) in [6.45, 7) is 5.93. The zero-order valence-corrected chi connectivity index (χ0v) is 13.6. The van der Waals surface area contributed by atoms with Crippen LogP contribution in [0.5, 0.6) is 0 Å². The fourth-order valence-corrected chi connectivity index (χ4v) is 2.75. The molecule has 21 heavy (non-hydrogen) atoms. The molecule has 1 rings (SSSR count). The fourth-order valence-electron chi connectivity index (χ4n) is 1.71. The highest BCUT2D eigenvalue weighted by atomic mass is 32.2. The normalized spacial score (nSPS) is 11.7. The molecule has 1 aromatic carbocycles. The van der Waals surface area contributed by atoms with E-state index in [1.54, 1.807) is 13.0 Å². The first kappa shape index (κ1) is 17.6. The summed E-state index contributed by atoms with van der Waals surface area (Å²) in [7, 11) is -2.15. The molecule has 118 valence electrons. The highest BCUT2D eigenvalue weighted by Crippen LogP contribution is 2.15. The lowest BCUT2D eigenvalue weighted by atomic mass is 10.1.